The SMILES string of the molecule is CC(C)(C)OC(=O)N[C@@H](Cc1ccccc1)[C@H](O)CNCCCN1CCOCC1. The number of ether oxygens (including phenoxy) is 2. The highest BCUT2D eigenvalue weighted by Crippen LogP contribution is 2.10. The van der Waals surface area contributed by atoms with Gasteiger partial charge in [0.25, 0.3) is 0 Å². The minimum atomic E-state index is -0.717. The van der Waals surface area contributed by atoms with Gasteiger partial charge in [0.2, 0.25) is 0 Å². The van der Waals surface area contributed by atoms with Crippen LogP contribution < -0.4 is 10.6 Å². The summed E-state index contributed by atoms with van der Waals surface area (Å²) in [4.78, 5) is 14.6. The second-order valence-corrected chi connectivity index (χ2v) is 8.52. The van der Waals surface area contributed by atoms with Gasteiger partial charge in [-0.1, -0.05) is 30.3 Å². The molecule has 7 nitrogen and oxygen atoms in total. The normalized spacial score (nSPS) is 17.5. The molecule has 0 bridgehead atoms. The first-order chi connectivity index (χ1) is 13.8. The Morgan fingerprint density at radius 3 is 2.59 bits per heavy atom. The van der Waals surface area contributed by atoms with E-state index in [0.29, 0.717) is 13.0 Å². The van der Waals surface area contributed by atoms with Crippen LogP contribution in [0, 0.1) is 0 Å². The highest BCUT2D eigenvalue weighted by Gasteiger charge is 2.24. The van der Waals surface area contributed by atoms with Gasteiger partial charge >= 0.3 is 6.09 Å². The summed E-state index contributed by atoms with van der Waals surface area (Å²) in [5, 5.41) is 16.9. The molecule has 1 fully saturated rings. The second kappa shape index (κ2) is 12.1. The zero-order valence-electron chi connectivity index (χ0n) is 18.0. The summed E-state index contributed by atoms with van der Waals surface area (Å²) in [6, 6.07) is 9.41. The minimum absolute atomic E-state index is 0.413. The van der Waals surface area contributed by atoms with Crippen LogP contribution in [-0.2, 0) is 15.9 Å². The number of hydrogen-bond donors (Lipinski definition) is 3. The van der Waals surface area contributed by atoms with Gasteiger partial charge in [-0.25, -0.2) is 4.79 Å². The fourth-order valence-corrected chi connectivity index (χ4v) is 3.25. The predicted octanol–water partition coefficient (Wildman–Crippen LogP) is 1.80. The molecule has 0 radical (unpaired) electrons. The lowest BCUT2D eigenvalue weighted by Crippen LogP contribution is -2.50. The molecule has 0 aromatic heterocycles. The molecule has 1 aliphatic heterocycles. The van der Waals surface area contributed by atoms with E-state index in [4.69, 9.17) is 9.47 Å². The monoisotopic (exact) mass is 407 g/mol. The Morgan fingerprint density at radius 2 is 1.93 bits per heavy atom. The van der Waals surface area contributed by atoms with E-state index >= 15 is 0 Å². The number of rotatable bonds is 10. The summed E-state index contributed by atoms with van der Waals surface area (Å²) in [6.45, 7) is 11.3. The molecule has 7 heteroatoms. The van der Waals surface area contributed by atoms with Crippen molar-refractivity contribution in [1.82, 2.24) is 15.5 Å². The van der Waals surface area contributed by atoms with Gasteiger partial charge in [0.1, 0.15) is 5.60 Å². The van der Waals surface area contributed by atoms with Crippen LogP contribution in [0.2, 0.25) is 0 Å². The lowest BCUT2D eigenvalue weighted by molar-refractivity contribution is 0.0368. The Morgan fingerprint density at radius 1 is 1.24 bits per heavy atom. The average molecular weight is 408 g/mol. The molecule has 0 spiro atoms. The van der Waals surface area contributed by atoms with Crippen molar-refractivity contribution in [3.63, 3.8) is 0 Å². The van der Waals surface area contributed by atoms with Crippen molar-refractivity contribution >= 4 is 6.09 Å². The molecule has 3 N–H and O–H groups in total. The molecule has 1 aromatic rings. The van der Waals surface area contributed by atoms with Gasteiger partial charge in [-0.05, 0) is 52.3 Å². The van der Waals surface area contributed by atoms with Gasteiger partial charge in [-0.2, -0.15) is 0 Å². The lowest BCUT2D eigenvalue weighted by atomic mass is 10.0. The van der Waals surface area contributed by atoms with Crippen LogP contribution in [0.5, 0.6) is 0 Å². The topological polar surface area (TPSA) is 83.1 Å². The van der Waals surface area contributed by atoms with E-state index < -0.39 is 23.8 Å². The Kier molecular flexibility index (Phi) is 9.87. The Labute approximate surface area is 174 Å². The molecule has 1 aliphatic rings. The van der Waals surface area contributed by atoms with Crippen molar-refractivity contribution in [3.8, 4) is 0 Å². The molecule has 0 unspecified atom stereocenters. The zero-order valence-corrected chi connectivity index (χ0v) is 18.0. The van der Waals surface area contributed by atoms with Crippen molar-refractivity contribution in [1.29, 1.82) is 0 Å². The number of amides is 1. The number of morpholine rings is 1. The highest BCUT2D eigenvalue weighted by atomic mass is 16.6. The van der Waals surface area contributed by atoms with Gasteiger partial charge in [0.15, 0.2) is 0 Å². The average Bonchev–Trinajstić information content (AvgIpc) is 2.67. The van der Waals surface area contributed by atoms with Gasteiger partial charge in [0, 0.05) is 19.6 Å². The van der Waals surface area contributed by atoms with Gasteiger partial charge in [-0.3, -0.25) is 4.90 Å². The van der Waals surface area contributed by atoms with Crippen molar-refractivity contribution in [2.24, 2.45) is 0 Å². The first-order valence-electron chi connectivity index (χ1n) is 10.6. The number of benzene rings is 1. The third kappa shape index (κ3) is 10.1. The van der Waals surface area contributed by atoms with Gasteiger partial charge < -0.3 is 25.2 Å². The van der Waals surface area contributed by atoms with E-state index in [1.54, 1.807) is 0 Å². The smallest absolute Gasteiger partial charge is 0.407 e. The number of aliphatic hydroxyl groups excluding tert-OH is 1. The molecule has 29 heavy (non-hydrogen) atoms. The third-order valence-corrected chi connectivity index (χ3v) is 4.75. The molecule has 1 heterocycles. The lowest BCUT2D eigenvalue weighted by Gasteiger charge is -2.28. The summed E-state index contributed by atoms with van der Waals surface area (Å²) >= 11 is 0. The van der Waals surface area contributed by atoms with E-state index in [1.807, 2.05) is 51.1 Å². The number of carbonyl (C=O) groups is 1. The van der Waals surface area contributed by atoms with Crippen molar-refractivity contribution in [2.45, 2.75) is 51.4 Å². The molecule has 2 atom stereocenters. The van der Waals surface area contributed by atoms with E-state index in [0.717, 1.165) is 51.4 Å². The van der Waals surface area contributed by atoms with Crippen LogP contribution in [0.15, 0.2) is 30.3 Å². The fourth-order valence-electron chi connectivity index (χ4n) is 3.25. The summed E-state index contributed by atoms with van der Waals surface area (Å²) < 4.78 is 10.7. The Balaban J connectivity index is 1.79. The third-order valence-electron chi connectivity index (χ3n) is 4.75. The van der Waals surface area contributed by atoms with E-state index in [-0.39, 0.29) is 0 Å². The number of nitrogens with zero attached hydrogens (tertiary/aromatic N) is 1. The van der Waals surface area contributed by atoms with Crippen LogP contribution in [0.1, 0.15) is 32.8 Å². The minimum Gasteiger partial charge on any atom is -0.444 e. The first kappa shape index (κ1) is 23.6. The van der Waals surface area contributed by atoms with Crippen LogP contribution in [0.4, 0.5) is 4.79 Å². The van der Waals surface area contributed by atoms with Gasteiger partial charge in [-0.15, -0.1) is 0 Å². The molecule has 0 saturated carbocycles. The molecular formula is C22H37N3O4. The molecule has 1 aromatic carbocycles. The molecule has 1 amide bonds. The Bertz CT molecular complexity index is 585. The zero-order chi connectivity index (χ0) is 21.1. The largest absolute Gasteiger partial charge is 0.444 e. The number of alkyl carbamates (subject to hydrolysis) is 1. The van der Waals surface area contributed by atoms with E-state index in [9.17, 15) is 9.90 Å². The molecular weight excluding hydrogens is 370 g/mol. The maximum absolute atomic E-state index is 12.2. The van der Waals surface area contributed by atoms with Crippen LogP contribution in [-0.4, -0.2) is 79.8 Å². The van der Waals surface area contributed by atoms with Crippen molar-refractivity contribution in [3.05, 3.63) is 35.9 Å². The number of hydrogen-bond acceptors (Lipinski definition) is 6. The highest BCUT2D eigenvalue weighted by molar-refractivity contribution is 5.68. The maximum Gasteiger partial charge on any atom is 0.407 e. The first-order valence-corrected chi connectivity index (χ1v) is 10.6. The summed E-state index contributed by atoms with van der Waals surface area (Å²) in [5.74, 6) is 0. The maximum atomic E-state index is 12.2. The molecule has 0 aliphatic carbocycles. The molecule has 2 rings (SSSR count). The Hall–Kier alpha value is -1.67. The molecule has 1 saturated heterocycles. The quantitative estimate of drug-likeness (QED) is 0.513. The number of nitrogens with one attached hydrogen (secondary N) is 2. The molecule has 164 valence electrons. The number of aliphatic hydroxyl groups is 1. The predicted molar refractivity (Wildman–Crippen MR) is 114 cm³/mol. The number of carbonyl (C=O) groups excluding carboxylic acids is 1. The van der Waals surface area contributed by atoms with E-state index in [2.05, 4.69) is 15.5 Å². The van der Waals surface area contributed by atoms with Gasteiger partial charge in [0.05, 0.1) is 25.4 Å². The standard InChI is InChI=1S/C22H37N3O4/c1-22(2,3)29-21(27)24-19(16-18-8-5-4-6-9-18)20(26)17-23-10-7-11-25-12-14-28-15-13-25/h4-6,8-9,19-20,23,26H,7,10-17H2,1-3H3,(H,24,27)/t19-,20+/m0/s1. The summed E-state index contributed by atoms with van der Waals surface area (Å²) in [7, 11) is 0. The summed E-state index contributed by atoms with van der Waals surface area (Å²) in [5.41, 5.74) is 0.476. The fraction of sp³-hybridized carbons (Fsp3) is 0.682. The van der Waals surface area contributed by atoms with Crippen LogP contribution >= 0.6 is 0 Å². The second-order valence-electron chi connectivity index (χ2n) is 8.52. The van der Waals surface area contributed by atoms with Crippen LogP contribution in [0.25, 0.3) is 0 Å². The summed E-state index contributed by atoms with van der Waals surface area (Å²) in [6.07, 6.45) is 0.322. The van der Waals surface area contributed by atoms with Crippen molar-refractivity contribution in [2.75, 3.05) is 45.9 Å². The van der Waals surface area contributed by atoms with Crippen LogP contribution in [0.3, 0.4) is 0 Å². The van der Waals surface area contributed by atoms with Crippen molar-refractivity contribution < 1.29 is 19.4 Å². The van der Waals surface area contributed by atoms with E-state index in [1.165, 1.54) is 0 Å².